The molecule has 1 amide bonds. The number of hydrogen-bond acceptors (Lipinski definition) is 7. The van der Waals surface area contributed by atoms with E-state index in [0.29, 0.717) is 42.4 Å². The van der Waals surface area contributed by atoms with Gasteiger partial charge in [-0.3, -0.25) is 0 Å². The second-order valence-electron chi connectivity index (χ2n) is 10.1. The van der Waals surface area contributed by atoms with Gasteiger partial charge in [-0.2, -0.15) is 18.4 Å². The third-order valence-corrected chi connectivity index (χ3v) is 6.04. The van der Waals surface area contributed by atoms with Crippen LogP contribution in [0.2, 0.25) is 0 Å². The van der Waals surface area contributed by atoms with Gasteiger partial charge in [0.2, 0.25) is 5.95 Å². The molecule has 0 spiro atoms. The fourth-order valence-electron chi connectivity index (χ4n) is 4.51. The zero-order chi connectivity index (χ0) is 27.7. The van der Waals surface area contributed by atoms with Crippen molar-refractivity contribution in [1.29, 1.82) is 5.26 Å². The van der Waals surface area contributed by atoms with Gasteiger partial charge in [-0.1, -0.05) is 12.1 Å². The largest absolute Gasteiger partial charge is 0.444 e. The number of carbonyl (C=O) groups is 1. The van der Waals surface area contributed by atoms with Crippen LogP contribution in [0.15, 0.2) is 30.6 Å². The standard InChI is InChI=1S/C26H29F3N6O3/c1-25(2,3)38-24(36)34-10-6-8-17(13-34)32-23-31-12-20(26(27,28)29)21(33-23)19-14-35(15-37-4)22-16(11-30)7-5-9-18(19)22/h5,7,9,12,14,17H,6,8,10,13,15H2,1-4H3,(H,31,32,33). The van der Waals surface area contributed by atoms with Crippen LogP contribution in [0.1, 0.15) is 44.7 Å². The van der Waals surface area contributed by atoms with Crippen molar-refractivity contribution in [3.8, 4) is 17.3 Å². The van der Waals surface area contributed by atoms with E-state index in [1.165, 1.54) is 13.3 Å². The van der Waals surface area contributed by atoms with Crippen molar-refractivity contribution in [1.82, 2.24) is 19.4 Å². The number of para-hydroxylation sites is 1. The lowest BCUT2D eigenvalue weighted by molar-refractivity contribution is -0.137. The summed E-state index contributed by atoms with van der Waals surface area (Å²) in [6.07, 6.45) is -1.54. The molecule has 2 aromatic heterocycles. The van der Waals surface area contributed by atoms with Crippen LogP contribution in [-0.4, -0.2) is 57.4 Å². The van der Waals surface area contributed by atoms with Crippen LogP contribution in [0.4, 0.5) is 23.9 Å². The number of amides is 1. The molecule has 0 radical (unpaired) electrons. The Labute approximate surface area is 218 Å². The molecule has 1 fully saturated rings. The van der Waals surface area contributed by atoms with E-state index in [1.807, 2.05) is 0 Å². The number of halogens is 3. The molecule has 38 heavy (non-hydrogen) atoms. The molecule has 0 saturated carbocycles. The number of carbonyl (C=O) groups excluding carboxylic acids is 1. The van der Waals surface area contributed by atoms with Gasteiger partial charge >= 0.3 is 12.3 Å². The number of anilines is 1. The Morgan fingerprint density at radius 1 is 1.29 bits per heavy atom. The number of nitrogens with one attached hydrogen (secondary N) is 1. The smallest absolute Gasteiger partial charge is 0.419 e. The van der Waals surface area contributed by atoms with Gasteiger partial charge in [0.25, 0.3) is 0 Å². The zero-order valence-electron chi connectivity index (χ0n) is 21.6. The number of hydrogen-bond donors (Lipinski definition) is 1. The van der Waals surface area contributed by atoms with Gasteiger partial charge in [0, 0.05) is 49.6 Å². The van der Waals surface area contributed by atoms with Crippen molar-refractivity contribution in [2.75, 3.05) is 25.5 Å². The molecule has 1 unspecified atom stereocenters. The summed E-state index contributed by atoms with van der Waals surface area (Å²) in [7, 11) is 1.46. The minimum atomic E-state index is -4.71. The van der Waals surface area contributed by atoms with Crippen molar-refractivity contribution in [3.05, 3.63) is 41.7 Å². The fourth-order valence-corrected chi connectivity index (χ4v) is 4.51. The Kier molecular flexibility index (Phi) is 7.51. The molecule has 9 nitrogen and oxygen atoms in total. The molecule has 0 bridgehead atoms. The van der Waals surface area contributed by atoms with Crippen LogP contribution in [0.5, 0.6) is 0 Å². The van der Waals surface area contributed by atoms with Crippen molar-refractivity contribution >= 4 is 22.9 Å². The highest BCUT2D eigenvalue weighted by molar-refractivity contribution is 5.98. The van der Waals surface area contributed by atoms with E-state index in [-0.39, 0.29) is 30.0 Å². The number of benzene rings is 1. The quantitative estimate of drug-likeness (QED) is 0.471. The van der Waals surface area contributed by atoms with Crippen LogP contribution < -0.4 is 5.32 Å². The van der Waals surface area contributed by atoms with Crippen LogP contribution in [-0.2, 0) is 22.4 Å². The Morgan fingerprint density at radius 2 is 2.05 bits per heavy atom. The molecule has 3 heterocycles. The lowest BCUT2D eigenvalue weighted by atomic mass is 10.0. The summed E-state index contributed by atoms with van der Waals surface area (Å²) in [5.41, 5.74) is -1.00. The molecule has 202 valence electrons. The molecule has 1 aliphatic heterocycles. The summed E-state index contributed by atoms with van der Waals surface area (Å²) >= 11 is 0. The van der Waals surface area contributed by atoms with E-state index in [2.05, 4.69) is 21.4 Å². The maximum absolute atomic E-state index is 14.1. The van der Waals surface area contributed by atoms with Gasteiger partial charge in [0.15, 0.2) is 0 Å². The number of methoxy groups -OCH3 is 1. The molecule has 1 atom stereocenters. The average molecular weight is 531 g/mol. The molecule has 1 N–H and O–H groups in total. The summed E-state index contributed by atoms with van der Waals surface area (Å²) in [6, 6.07) is 6.66. The molecule has 1 saturated heterocycles. The number of aromatic nitrogens is 3. The number of nitrogens with zero attached hydrogens (tertiary/aromatic N) is 5. The maximum atomic E-state index is 14.1. The molecule has 1 aromatic carbocycles. The molecule has 1 aliphatic rings. The second kappa shape index (κ2) is 10.5. The van der Waals surface area contributed by atoms with Crippen molar-refractivity contribution in [3.63, 3.8) is 0 Å². The first-order valence-corrected chi connectivity index (χ1v) is 12.1. The fraction of sp³-hybridized carbons (Fsp3) is 0.462. The van der Waals surface area contributed by atoms with Crippen LogP contribution in [0.25, 0.3) is 22.2 Å². The average Bonchev–Trinajstić information content (AvgIpc) is 3.21. The third kappa shape index (κ3) is 5.83. The van der Waals surface area contributed by atoms with E-state index in [0.717, 1.165) is 6.20 Å². The lowest BCUT2D eigenvalue weighted by Crippen LogP contribution is -2.47. The molecule has 3 aromatic rings. The van der Waals surface area contributed by atoms with Crippen LogP contribution >= 0.6 is 0 Å². The predicted octanol–water partition coefficient (Wildman–Crippen LogP) is 5.40. The van der Waals surface area contributed by atoms with Gasteiger partial charge in [0.1, 0.15) is 24.0 Å². The number of alkyl halides is 3. The lowest BCUT2D eigenvalue weighted by Gasteiger charge is -2.34. The molecule has 0 aliphatic carbocycles. The van der Waals surface area contributed by atoms with Gasteiger partial charge in [-0.15, -0.1) is 0 Å². The Morgan fingerprint density at radius 3 is 2.71 bits per heavy atom. The number of fused-ring (bicyclic) bond motifs is 1. The monoisotopic (exact) mass is 530 g/mol. The minimum Gasteiger partial charge on any atom is -0.444 e. The van der Waals surface area contributed by atoms with E-state index in [4.69, 9.17) is 9.47 Å². The SMILES string of the molecule is COCn1cc(-c2nc(NC3CCCN(C(=O)OC(C)(C)C)C3)ncc2C(F)(F)F)c2cccc(C#N)c21. The number of nitriles is 1. The first kappa shape index (κ1) is 27.2. The van der Waals surface area contributed by atoms with Crippen molar-refractivity contribution in [2.45, 2.75) is 58.2 Å². The summed E-state index contributed by atoms with van der Waals surface area (Å²) < 4.78 is 54.4. The molecule has 12 heteroatoms. The van der Waals surface area contributed by atoms with Gasteiger partial charge in [0.05, 0.1) is 16.8 Å². The summed E-state index contributed by atoms with van der Waals surface area (Å²) in [6.45, 7) is 6.21. The number of likely N-dealkylation sites (tertiary alicyclic amines) is 1. The first-order chi connectivity index (χ1) is 17.9. The normalized spacial score (nSPS) is 16.4. The van der Waals surface area contributed by atoms with E-state index in [9.17, 15) is 23.2 Å². The summed E-state index contributed by atoms with van der Waals surface area (Å²) in [5.74, 6) is 0.00752. The number of piperidine rings is 1. The van der Waals surface area contributed by atoms with Crippen LogP contribution in [0, 0.1) is 11.3 Å². The maximum Gasteiger partial charge on any atom is 0.419 e. The topological polar surface area (TPSA) is 105 Å². The molecule has 4 rings (SSSR count). The predicted molar refractivity (Wildman–Crippen MR) is 134 cm³/mol. The van der Waals surface area contributed by atoms with Gasteiger partial charge in [-0.05, 0) is 39.7 Å². The second-order valence-corrected chi connectivity index (χ2v) is 10.1. The van der Waals surface area contributed by atoms with Crippen molar-refractivity contribution in [2.24, 2.45) is 0 Å². The summed E-state index contributed by atoms with van der Waals surface area (Å²) in [5, 5.41) is 13.1. The summed E-state index contributed by atoms with van der Waals surface area (Å²) in [4.78, 5) is 22.3. The Hall–Kier alpha value is -3.85. The Bertz CT molecular complexity index is 1370. The highest BCUT2D eigenvalue weighted by Gasteiger charge is 2.37. The van der Waals surface area contributed by atoms with E-state index in [1.54, 1.807) is 48.4 Å². The molecular formula is C26H29F3N6O3. The van der Waals surface area contributed by atoms with E-state index >= 15 is 0 Å². The van der Waals surface area contributed by atoms with Crippen LogP contribution in [0.3, 0.4) is 0 Å². The zero-order valence-corrected chi connectivity index (χ0v) is 21.6. The van der Waals surface area contributed by atoms with Gasteiger partial charge in [-0.25, -0.2) is 14.8 Å². The first-order valence-electron chi connectivity index (χ1n) is 12.1. The highest BCUT2D eigenvalue weighted by atomic mass is 19.4. The number of ether oxygens (including phenoxy) is 2. The van der Waals surface area contributed by atoms with Gasteiger partial charge < -0.3 is 24.3 Å². The third-order valence-electron chi connectivity index (χ3n) is 6.04. The van der Waals surface area contributed by atoms with E-state index < -0.39 is 23.4 Å². The highest BCUT2D eigenvalue weighted by Crippen LogP contribution is 2.40. The minimum absolute atomic E-state index is 0.00752. The molecular weight excluding hydrogens is 501 g/mol. The Balaban J connectivity index is 1.71. The van der Waals surface area contributed by atoms with Crippen molar-refractivity contribution < 1.29 is 27.4 Å². The number of rotatable bonds is 5.